The number of hydrogen-bond donors (Lipinski definition) is 1. The van der Waals surface area contributed by atoms with E-state index in [1.807, 2.05) is 6.07 Å². The Bertz CT molecular complexity index is 387. The molecule has 1 aliphatic rings. The average molecular weight is 263 g/mol. The molecule has 1 saturated carbocycles. The van der Waals surface area contributed by atoms with E-state index in [1.165, 1.54) is 19.3 Å². The van der Waals surface area contributed by atoms with E-state index in [2.05, 4.69) is 36.1 Å². The number of aromatic nitrogens is 2. The van der Waals surface area contributed by atoms with Gasteiger partial charge < -0.3 is 10.1 Å². The molecule has 0 spiro atoms. The van der Waals surface area contributed by atoms with Crippen molar-refractivity contribution in [3.05, 3.63) is 12.3 Å². The molecule has 1 N–H and O–H groups in total. The van der Waals surface area contributed by atoms with Crippen LogP contribution in [0.1, 0.15) is 46.5 Å². The fourth-order valence-corrected chi connectivity index (χ4v) is 2.95. The Morgan fingerprint density at radius 1 is 1.26 bits per heavy atom. The summed E-state index contributed by atoms with van der Waals surface area (Å²) in [5.74, 6) is 2.91. The number of anilines is 1. The lowest BCUT2D eigenvalue weighted by Crippen LogP contribution is -2.30. The highest BCUT2D eigenvalue weighted by molar-refractivity contribution is 5.29. The molecule has 2 atom stereocenters. The van der Waals surface area contributed by atoms with Crippen molar-refractivity contribution >= 4 is 5.95 Å². The summed E-state index contributed by atoms with van der Waals surface area (Å²) in [7, 11) is 0. The minimum Gasteiger partial charge on any atom is -0.478 e. The Labute approximate surface area is 116 Å². The predicted octanol–water partition coefficient (Wildman–Crippen LogP) is 3.50. The molecule has 0 radical (unpaired) electrons. The van der Waals surface area contributed by atoms with Gasteiger partial charge >= 0.3 is 0 Å². The van der Waals surface area contributed by atoms with Gasteiger partial charge in [0.1, 0.15) is 0 Å². The Hall–Kier alpha value is -1.32. The van der Waals surface area contributed by atoms with Crippen LogP contribution in [0.15, 0.2) is 12.3 Å². The van der Waals surface area contributed by atoms with E-state index < -0.39 is 0 Å². The van der Waals surface area contributed by atoms with Crippen molar-refractivity contribution in [2.45, 2.75) is 52.5 Å². The minimum absolute atomic E-state index is 0.486. The lowest BCUT2D eigenvalue weighted by molar-refractivity contribution is 0.279. The van der Waals surface area contributed by atoms with Crippen molar-refractivity contribution in [1.82, 2.24) is 9.97 Å². The highest BCUT2D eigenvalue weighted by Gasteiger charge is 2.24. The van der Waals surface area contributed by atoms with Crippen LogP contribution in [0.25, 0.3) is 0 Å². The number of nitrogens with one attached hydrogen (secondary N) is 1. The van der Waals surface area contributed by atoms with Gasteiger partial charge in [-0.05, 0) is 37.5 Å². The first-order chi connectivity index (χ1) is 9.17. The van der Waals surface area contributed by atoms with Crippen LogP contribution >= 0.6 is 0 Å². The quantitative estimate of drug-likeness (QED) is 0.883. The Morgan fingerprint density at radius 2 is 2.00 bits per heavy atom. The zero-order valence-electron chi connectivity index (χ0n) is 12.2. The summed E-state index contributed by atoms with van der Waals surface area (Å²) >= 11 is 0. The van der Waals surface area contributed by atoms with Crippen LogP contribution in [0.2, 0.25) is 0 Å². The lowest BCUT2D eigenvalue weighted by Gasteiger charge is -2.31. The predicted molar refractivity (Wildman–Crippen MR) is 77.4 cm³/mol. The maximum absolute atomic E-state index is 5.54. The SMILES string of the molecule is CCCOc1ccnc(NC2CC(C)CC(C)C2)n1. The van der Waals surface area contributed by atoms with Crippen molar-refractivity contribution in [3.8, 4) is 5.88 Å². The lowest BCUT2D eigenvalue weighted by atomic mass is 9.80. The largest absolute Gasteiger partial charge is 0.478 e. The zero-order chi connectivity index (χ0) is 13.7. The molecule has 2 unspecified atom stereocenters. The summed E-state index contributed by atoms with van der Waals surface area (Å²) in [4.78, 5) is 8.70. The van der Waals surface area contributed by atoms with Crippen molar-refractivity contribution in [3.63, 3.8) is 0 Å². The Morgan fingerprint density at radius 3 is 2.68 bits per heavy atom. The summed E-state index contributed by atoms with van der Waals surface area (Å²) < 4.78 is 5.54. The van der Waals surface area contributed by atoms with E-state index in [-0.39, 0.29) is 0 Å². The fourth-order valence-electron chi connectivity index (χ4n) is 2.95. The number of hydrogen-bond acceptors (Lipinski definition) is 4. The monoisotopic (exact) mass is 263 g/mol. The summed E-state index contributed by atoms with van der Waals surface area (Å²) in [6, 6.07) is 2.30. The van der Waals surface area contributed by atoms with E-state index in [0.29, 0.717) is 24.5 Å². The van der Waals surface area contributed by atoms with Crippen LogP contribution in [-0.2, 0) is 0 Å². The molecule has 1 fully saturated rings. The molecule has 19 heavy (non-hydrogen) atoms. The van der Waals surface area contributed by atoms with Crippen LogP contribution in [0, 0.1) is 11.8 Å². The van der Waals surface area contributed by atoms with Crippen LogP contribution < -0.4 is 10.1 Å². The first kappa shape index (κ1) is 14.1. The standard InChI is InChI=1S/C15H25N3O/c1-4-7-19-14-5-6-16-15(18-14)17-13-9-11(2)8-12(3)10-13/h5-6,11-13H,4,7-10H2,1-3H3,(H,16,17,18). The highest BCUT2D eigenvalue weighted by Crippen LogP contribution is 2.30. The molecule has 1 heterocycles. The third-order valence-electron chi connectivity index (χ3n) is 3.60. The van der Waals surface area contributed by atoms with Crippen molar-refractivity contribution in [2.24, 2.45) is 11.8 Å². The summed E-state index contributed by atoms with van der Waals surface area (Å²) in [6.07, 6.45) is 6.49. The third kappa shape index (κ3) is 4.37. The van der Waals surface area contributed by atoms with Crippen LogP contribution in [0.4, 0.5) is 5.95 Å². The zero-order valence-corrected chi connectivity index (χ0v) is 12.2. The number of nitrogens with zero attached hydrogens (tertiary/aromatic N) is 2. The summed E-state index contributed by atoms with van der Waals surface area (Å²) in [5, 5.41) is 3.46. The van der Waals surface area contributed by atoms with Crippen LogP contribution in [0.5, 0.6) is 5.88 Å². The third-order valence-corrected chi connectivity index (χ3v) is 3.60. The number of rotatable bonds is 5. The molecule has 4 nitrogen and oxygen atoms in total. The smallest absolute Gasteiger partial charge is 0.226 e. The van der Waals surface area contributed by atoms with Crippen LogP contribution in [-0.4, -0.2) is 22.6 Å². The van der Waals surface area contributed by atoms with E-state index in [4.69, 9.17) is 4.74 Å². The van der Waals surface area contributed by atoms with Crippen molar-refractivity contribution < 1.29 is 4.74 Å². The van der Waals surface area contributed by atoms with Gasteiger partial charge in [-0.15, -0.1) is 0 Å². The molecule has 2 rings (SSSR count). The van der Waals surface area contributed by atoms with Gasteiger partial charge in [0, 0.05) is 18.3 Å². The van der Waals surface area contributed by atoms with E-state index in [1.54, 1.807) is 6.20 Å². The summed E-state index contributed by atoms with van der Waals surface area (Å²) in [6.45, 7) is 7.44. The second-order valence-corrected chi connectivity index (χ2v) is 5.83. The van der Waals surface area contributed by atoms with Gasteiger partial charge in [0.15, 0.2) is 0 Å². The first-order valence-corrected chi connectivity index (χ1v) is 7.39. The van der Waals surface area contributed by atoms with Gasteiger partial charge in [-0.3, -0.25) is 0 Å². The van der Waals surface area contributed by atoms with Gasteiger partial charge in [-0.2, -0.15) is 4.98 Å². The van der Waals surface area contributed by atoms with Crippen molar-refractivity contribution in [1.29, 1.82) is 0 Å². The van der Waals surface area contributed by atoms with Gasteiger partial charge in [0.2, 0.25) is 11.8 Å². The first-order valence-electron chi connectivity index (χ1n) is 7.39. The average Bonchev–Trinajstić information content (AvgIpc) is 2.35. The molecule has 0 aliphatic heterocycles. The van der Waals surface area contributed by atoms with Crippen molar-refractivity contribution in [2.75, 3.05) is 11.9 Å². The molecule has 1 aliphatic carbocycles. The van der Waals surface area contributed by atoms with Gasteiger partial charge in [0.25, 0.3) is 0 Å². The second-order valence-electron chi connectivity index (χ2n) is 5.83. The fraction of sp³-hybridized carbons (Fsp3) is 0.733. The molecule has 0 aromatic carbocycles. The van der Waals surface area contributed by atoms with Gasteiger partial charge in [0.05, 0.1) is 6.61 Å². The van der Waals surface area contributed by atoms with Gasteiger partial charge in [-0.25, -0.2) is 4.98 Å². The van der Waals surface area contributed by atoms with Crippen LogP contribution in [0.3, 0.4) is 0 Å². The molecule has 0 bridgehead atoms. The maximum atomic E-state index is 5.54. The molecular formula is C15H25N3O. The molecule has 0 amide bonds. The van der Waals surface area contributed by atoms with E-state index in [0.717, 1.165) is 18.3 Å². The maximum Gasteiger partial charge on any atom is 0.226 e. The number of ether oxygens (including phenoxy) is 1. The molecule has 1 aromatic heterocycles. The minimum atomic E-state index is 0.486. The van der Waals surface area contributed by atoms with E-state index in [9.17, 15) is 0 Å². The molecule has 0 saturated heterocycles. The Balaban J connectivity index is 1.94. The topological polar surface area (TPSA) is 47.0 Å². The van der Waals surface area contributed by atoms with E-state index >= 15 is 0 Å². The molecular weight excluding hydrogens is 238 g/mol. The molecule has 1 aromatic rings. The summed E-state index contributed by atoms with van der Waals surface area (Å²) in [5.41, 5.74) is 0. The highest BCUT2D eigenvalue weighted by atomic mass is 16.5. The second kappa shape index (κ2) is 6.73. The normalized spacial score (nSPS) is 27.0. The van der Waals surface area contributed by atoms with Gasteiger partial charge in [-0.1, -0.05) is 20.8 Å². The Kier molecular flexibility index (Phi) is 5.00. The molecule has 4 heteroatoms. The molecule has 106 valence electrons.